The van der Waals surface area contributed by atoms with Crippen LogP contribution >= 0.6 is 0 Å². The molecule has 0 unspecified atom stereocenters. The largest absolute Gasteiger partial charge is 0.326 e. The van der Waals surface area contributed by atoms with Gasteiger partial charge in [-0.05, 0) is 53.4 Å². The molecule has 0 aliphatic carbocycles. The smallest absolute Gasteiger partial charge is 0.243 e. The average Bonchev–Trinajstić information content (AvgIpc) is 2.74. The summed E-state index contributed by atoms with van der Waals surface area (Å²) >= 11 is 0. The first kappa shape index (κ1) is 19.6. The van der Waals surface area contributed by atoms with E-state index in [0.717, 1.165) is 41.3 Å². The summed E-state index contributed by atoms with van der Waals surface area (Å²) in [5.41, 5.74) is 1.53. The van der Waals surface area contributed by atoms with Gasteiger partial charge in [-0.25, -0.2) is 8.42 Å². The number of anilines is 1. The molecule has 150 valence electrons. The minimum atomic E-state index is -3.44. The molecule has 4 rings (SSSR count). The van der Waals surface area contributed by atoms with Crippen LogP contribution in [0.1, 0.15) is 24.8 Å². The Morgan fingerprint density at radius 1 is 0.862 bits per heavy atom. The van der Waals surface area contributed by atoms with Crippen molar-refractivity contribution in [1.82, 2.24) is 4.31 Å². The van der Waals surface area contributed by atoms with Crippen LogP contribution in [0, 0.1) is 0 Å². The van der Waals surface area contributed by atoms with Crippen LogP contribution in [-0.4, -0.2) is 31.7 Å². The van der Waals surface area contributed by atoms with Gasteiger partial charge >= 0.3 is 0 Å². The highest BCUT2D eigenvalue weighted by atomic mass is 32.2. The lowest BCUT2D eigenvalue weighted by Gasteiger charge is -2.25. The highest BCUT2D eigenvalue weighted by Crippen LogP contribution is 2.22. The maximum Gasteiger partial charge on any atom is 0.243 e. The number of amides is 1. The molecule has 0 aromatic heterocycles. The van der Waals surface area contributed by atoms with E-state index in [4.69, 9.17) is 0 Å². The van der Waals surface area contributed by atoms with Crippen LogP contribution in [-0.2, 0) is 21.2 Å². The summed E-state index contributed by atoms with van der Waals surface area (Å²) in [6, 6.07) is 20.4. The molecule has 0 radical (unpaired) electrons. The highest BCUT2D eigenvalue weighted by Gasteiger charge is 2.25. The number of carbonyl (C=O) groups excluding carboxylic acids is 1. The van der Waals surface area contributed by atoms with Gasteiger partial charge in [-0.1, -0.05) is 48.9 Å². The van der Waals surface area contributed by atoms with Crippen molar-refractivity contribution in [3.05, 3.63) is 72.3 Å². The van der Waals surface area contributed by atoms with Gasteiger partial charge in [0.15, 0.2) is 0 Å². The Balaban J connectivity index is 1.41. The summed E-state index contributed by atoms with van der Waals surface area (Å²) in [5.74, 6) is -0.132. The minimum absolute atomic E-state index is 0.132. The molecular weight excluding hydrogens is 384 g/mol. The topological polar surface area (TPSA) is 66.5 Å². The average molecular weight is 409 g/mol. The number of sulfonamides is 1. The van der Waals surface area contributed by atoms with Crippen molar-refractivity contribution in [2.24, 2.45) is 0 Å². The zero-order valence-corrected chi connectivity index (χ0v) is 17.0. The van der Waals surface area contributed by atoms with E-state index in [1.807, 2.05) is 42.5 Å². The van der Waals surface area contributed by atoms with Crippen LogP contribution in [0.4, 0.5) is 5.69 Å². The van der Waals surface area contributed by atoms with Crippen molar-refractivity contribution < 1.29 is 13.2 Å². The minimum Gasteiger partial charge on any atom is -0.326 e. The Morgan fingerprint density at radius 2 is 1.55 bits per heavy atom. The first-order valence-electron chi connectivity index (χ1n) is 9.90. The normalized spacial score (nSPS) is 15.3. The van der Waals surface area contributed by atoms with Gasteiger partial charge in [0.05, 0.1) is 11.3 Å². The summed E-state index contributed by atoms with van der Waals surface area (Å²) in [5, 5.41) is 5.10. The number of nitrogens with one attached hydrogen (secondary N) is 1. The Morgan fingerprint density at radius 3 is 2.28 bits per heavy atom. The van der Waals surface area contributed by atoms with E-state index in [0.29, 0.717) is 13.1 Å². The molecule has 3 aromatic carbocycles. The van der Waals surface area contributed by atoms with E-state index in [1.165, 1.54) is 0 Å². The van der Waals surface area contributed by atoms with Gasteiger partial charge in [0, 0.05) is 18.8 Å². The fourth-order valence-electron chi connectivity index (χ4n) is 3.69. The van der Waals surface area contributed by atoms with Crippen LogP contribution in [0.5, 0.6) is 0 Å². The number of piperidine rings is 1. The predicted molar refractivity (Wildman–Crippen MR) is 115 cm³/mol. The molecular formula is C23H24N2O3S. The van der Waals surface area contributed by atoms with E-state index >= 15 is 0 Å². The molecule has 1 aliphatic heterocycles. The standard InChI is InChI=1S/C23H24N2O3S/c26-23(24-21-11-10-19-6-2-3-7-20(19)17-21)16-18-8-12-22(13-9-18)29(27,28)25-14-4-1-5-15-25/h2-3,6-13,17H,1,4-5,14-16H2,(H,24,26). The molecule has 1 heterocycles. The molecule has 0 bridgehead atoms. The molecule has 1 fully saturated rings. The first-order chi connectivity index (χ1) is 14.0. The fourth-order valence-corrected chi connectivity index (χ4v) is 5.21. The van der Waals surface area contributed by atoms with Crippen molar-refractivity contribution in [1.29, 1.82) is 0 Å². The number of rotatable bonds is 5. The number of fused-ring (bicyclic) bond motifs is 1. The van der Waals surface area contributed by atoms with Gasteiger partial charge in [0.1, 0.15) is 0 Å². The molecule has 1 saturated heterocycles. The van der Waals surface area contributed by atoms with E-state index in [1.54, 1.807) is 28.6 Å². The van der Waals surface area contributed by atoms with Crippen LogP contribution in [0.25, 0.3) is 10.8 Å². The second-order valence-corrected chi connectivity index (χ2v) is 9.33. The zero-order valence-electron chi connectivity index (χ0n) is 16.2. The molecule has 0 saturated carbocycles. The third kappa shape index (κ3) is 4.49. The van der Waals surface area contributed by atoms with E-state index < -0.39 is 10.0 Å². The van der Waals surface area contributed by atoms with Crippen molar-refractivity contribution in [2.45, 2.75) is 30.6 Å². The van der Waals surface area contributed by atoms with Crippen molar-refractivity contribution >= 4 is 32.4 Å². The summed E-state index contributed by atoms with van der Waals surface area (Å²) in [6.07, 6.45) is 3.09. The zero-order chi connectivity index (χ0) is 20.3. The lowest BCUT2D eigenvalue weighted by atomic mass is 10.1. The second-order valence-electron chi connectivity index (χ2n) is 7.40. The van der Waals surface area contributed by atoms with Gasteiger partial charge in [0.2, 0.25) is 15.9 Å². The maximum absolute atomic E-state index is 12.7. The number of carbonyl (C=O) groups is 1. The van der Waals surface area contributed by atoms with Crippen molar-refractivity contribution in [3.63, 3.8) is 0 Å². The van der Waals surface area contributed by atoms with Crippen molar-refractivity contribution in [2.75, 3.05) is 18.4 Å². The Labute approximate surface area is 171 Å². The number of hydrogen-bond donors (Lipinski definition) is 1. The highest BCUT2D eigenvalue weighted by molar-refractivity contribution is 7.89. The van der Waals surface area contributed by atoms with E-state index in [-0.39, 0.29) is 17.2 Å². The monoisotopic (exact) mass is 408 g/mol. The van der Waals surface area contributed by atoms with Gasteiger partial charge in [-0.15, -0.1) is 0 Å². The third-order valence-electron chi connectivity index (χ3n) is 5.27. The molecule has 29 heavy (non-hydrogen) atoms. The summed E-state index contributed by atoms with van der Waals surface area (Å²) in [4.78, 5) is 12.7. The third-order valence-corrected chi connectivity index (χ3v) is 7.19. The van der Waals surface area contributed by atoms with E-state index in [2.05, 4.69) is 5.32 Å². The SMILES string of the molecule is O=C(Cc1ccc(S(=O)(=O)N2CCCCC2)cc1)Nc1ccc2ccccc2c1. The molecule has 5 nitrogen and oxygen atoms in total. The quantitative estimate of drug-likeness (QED) is 0.688. The lowest BCUT2D eigenvalue weighted by molar-refractivity contribution is -0.115. The maximum atomic E-state index is 12.7. The van der Waals surface area contributed by atoms with Crippen LogP contribution in [0.2, 0.25) is 0 Å². The molecule has 1 amide bonds. The van der Waals surface area contributed by atoms with Crippen LogP contribution < -0.4 is 5.32 Å². The Hall–Kier alpha value is -2.70. The number of benzene rings is 3. The van der Waals surface area contributed by atoms with Gasteiger partial charge in [-0.2, -0.15) is 4.31 Å². The second kappa shape index (κ2) is 8.35. The molecule has 1 aliphatic rings. The first-order valence-corrected chi connectivity index (χ1v) is 11.3. The Kier molecular flexibility index (Phi) is 5.65. The molecule has 0 spiro atoms. The molecule has 0 atom stereocenters. The number of nitrogens with zero attached hydrogens (tertiary/aromatic N) is 1. The summed E-state index contributed by atoms with van der Waals surface area (Å²) < 4.78 is 27.0. The van der Waals surface area contributed by atoms with Gasteiger partial charge < -0.3 is 5.32 Å². The lowest BCUT2D eigenvalue weighted by Crippen LogP contribution is -2.35. The van der Waals surface area contributed by atoms with Crippen LogP contribution in [0.15, 0.2) is 71.6 Å². The van der Waals surface area contributed by atoms with Crippen molar-refractivity contribution in [3.8, 4) is 0 Å². The molecule has 6 heteroatoms. The molecule has 3 aromatic rings. The van der Waals surface area contributed by atoms with E-state index in [9.17, 15) is 13.2 Å². The fraction of sp³-hybridized carbons (Fsp3) is 0.261. The predicted octanol–water partition coefficient (Wildman–Crippen LogP) is 4.20. The summed E-state index contributed by atoms with van der Waals surface area (Å²) in [6.45, 7) is 1.16. The van der Waals surface area contributed by atoms with Gasteiger partial charge in [-0.3, -0.25) is 4.79 Å². The summed E-state index contributed by atoms with van der Waals surface area (Å²) in [7, 11) is -3.44. The molecule has 1 N–H and O–H groups in total. The Bertz CT molecular complexity index is 1120. The number of hydrogen-bond acceptors (Lipinski definition) is 3. The van der Waals surface area contributed by atoms with Crippen LogP contribution in [0.3, 0.4) is 0 Å². The van der Waals surface area contributed by atoms with Gasteiger partial charge in [0.25, 0.3) is 0 Å².